The van der Waals surface area contributed by atoms with E-state index in [2.05, 4.69) is 5.16 Å². The highest BCUT2D eigenvalue weighted by atomic mass is 16.5. The fourth-order valence-electron chi connectivity index (χ4n) is 1.48. The van der Waals surface area contributed by atoms with E-state index in [9.17, 15) is 4.79 Å². The third-order valence-electron chi connectivity index (χ3n) is 2.33. The topological polar surface area (TPSA) is 61.6 Å². The lowest BCUT2D eigenvalue weighted by molar-refractivity contribution is 0.109. The van der Waals surface area contributed by atoms with Crippen molar-refractivity contribution in [3.05, 3.63) is 30.0 Å². The summed E-state index contributed by atoms with van der Waals surface area (Å²) in [6, 6.07) is 6.87. The van der Waals surface area contributed by atoms with Crippen molar-refractivity contribution in [2.45, 2.75) is 0 Å². The van der Waals surface area contributed by atoms with Crippen molar-refractivity contribution >= 4 is 6.29 Å². The molecule has 0 aliphatic rings. The highest BCUT2D eigenvalue weighted by Gasteiger charge is 2.12. The molecular formula is C12H11NO4. The molecule has 0 bridgehead atoms. The van der Waals surface area contributed by atoms with E-state index in [1.807, 2.05) is 0 Å². The first-order valence-electron chi connectivity index (χ1n) is 4.92. The standard InChI is InChI=1S/C12H11NO4/c1-15-8-3-4-10(12(6-8)16-2)11-5-9(7-14)17-13-11/h3-7H,1-2H3. The van der Waals surface area contributed by atoms with Gasteiger partial charge in [-0.05, 0) is 12.1 Å². The molecule has 0 fully saturated rings. The van der Waals surface area contributed by atoms with Crippen LogP contribution in [-0.4, -0.2) is 25.7 Å². The van der Waals surface area contributed by atoms with Crippen LogP contribution in [0.4, 0.5) is 0 Å². The van der Waals surface area contributed by atoms with E-state index in [0.29, 0.717) is 23.5 Å². The van der Waals surface area contributed by atoms with Crippen molar-refractivity contribution in [3.63, 3.8) is 0 Å². The van der Waals surface area contributed by atoms with Gasteiger partial charge < -0.3 is 14.0 Å². The number of ether oxygens (including phenoxy) is 2. The van der Waals surface area contributed by atoms with Crippen LogP contribution in [0.5, 0.6) is 11.5 Å². The normalized spacial score (nSPS) is 10.0. The first kappa shape index (κ1) is 11.2. The molecule has 5 nitrogen and oxygen atoms in total. The summed E-state index contributed by atoms with van der Waals surface area (Å²) in [4.78, 5) is 10.5. The fourth-order valence-corrected chi connectivity index (χ4v) is 1.48. The Morgan fingerprint density at radius 3 is 2.65 bits per heavy atom. The molecule has 0 N–H and O–H groups in total. The van der Waals surface area contributed by atoms with Crippen molar-refractivity contribution in [2.75, 3.05) is 14.2 Å². The lowest BCUT2D eigenvalue weighted by Crippen LogP contribution is -1.90. The van der Waals surface area contributed by atoms with Crippen LogP contribution in [0.3, 0.4) is 0 Å². The molecule has 1 aromatic heterocycles. The summed E-state index contributed by atoms with van der Waals surface area (Å²) < 4.78 is 15.1. The molecule has 1 aromatic carbocycles. The number of carbonyl (C=O) groups excluding carboxylic acids is 1. The molecule has 0 amide bonds. The molecule has 88 valence electrons. The number of methoxy groups -OCH3 is 2. The van der Waals surface area contributed by atoms with E-state index in [1.165, 1.54) is 0 Å². The molecule has 2 aromatic rings. The predicted molar refractivity (Wildman–Crippen MR) is 60.4 cm³/mol. The van der Waals surface area contributed by atoms with Gasteiger partial charge in [0, 0.05) is 17.7 Å². The Balaban J connectivity index is 2.46. The molecule has 1 heterocycles. The van der Waals surface area contributed by atoms with Gasteiger partial charge in [-0.15, -0.1) is 0 Å². The van der Waals surface area contributed by atoms with E-state index in [1.54, 1.807) is 38.5 Å². The van der Waals surface area contributed by atoms with Crippen molar-refractivity contribution in [3.8, 4) is 22.8 Å². The fraction of sp³-hybridized carbons (Fsp3) is 0.167. The Kier molecular flexibility index (Phi) is 3.09. The Morgan fingerprint density at radius 1 is 1.24 bits per heavy atom. The zero-order chi connectivity index (χ0) is 12.3. The molecule has 0 radical (unpaired) electrons. The summed E-state index contributed by atoms with van der Waals surface area (Å²) >= 11 is 0. The van der Waals surface area contributed by atoms with Gasteiger partial charge in [0.2, 0.25) is 0 Å². The lowest BCUT2D eigenvalue weighted by Gasteiger charge is -2.07. The first-order chi connectivity index (χ1) is 8.28. The van der Waals surface area contributed by atoms with E-state index in [4.69, 9.17) is 14.0 Å². The van der Waals surface area contributed by atoms with E-state index in [-0.39, 0.29) is 5.76 Å². The summed E-state index contributed by atoms with van der Waals surface area (Å²) in [6.07, 6.45) is 0.604. The third kappa shape index (κ3) is 2.13. The smallest absolute Gasteiger partial charge is 0.199 e. The molecule has 0 aliphatic carbocycles. The number of benzene rings is 1. The minimum Gasteiger partial charge on any atom is -0.497 e. The Labute approximate surface area is 97.9 Å². The molecule has 17 heavy (non-hydrogen) atoms. The number of nitrogens with zero attached hydrogens (tertiary/aromatic N) is 1. The van der Waals surface area contributed by atoms with Crippen LogP contribution in [0.1, 0.15) is 10.6 Å². The van der Waals surface area contributed by atoms with E-state index < -0.39 is 0 Å². The maximum absolute atomic E-state index is 10.5. The average Bonchev–Trinajstić information content (AvgIpc) is 2.86. The van der Waals surface area contributed by atoms with E-state index in [0.717, 1.165) is 5.56 Å². The quantitative estimate of drug-likeness (QED) is 0.757. The van der Waals surface area contributed by atoms with Gasteiger partial charge in [-0.1, -0.05) is 5.16 Å². The highest BCUT2D eigenvalue weighted by Crippen LogP contribution is 2.32. The van der Waals surface area contributed by atoms with Gasteiger partial charge in [-0.3, -0.25) is 4.79 Å². The molecule has 2 rings (SSSR count). The van der Waals surface area contributed by atoms with Gasteiger partial charge in [0.05, 0.1) is 14.2 Å². The molecular weight excluding hydrogens is 222 g/mol. The number of aromatic nitrogens is 1. The number of hydrogen-bond donors (Lipinski definition) is 0. The lowest BCUT2D eigenvalue weighted by atomic mass is 10.1. The Bertz CT molecular complexity index is 533. The summed E-state index contributed by atoms with van der Waals surface area (Å²) in [5.74, 6) is 1.47. The molecule has 0 saturated carbocycles. The molecule has 0 atom stereocenters. The van der Waals surface area contributed by atoms with Crippen molar-refractivity contribution in [1.82, 2.24) is 5.16 Å². The zero-order valence-electron chi connectivity index (χ0n) is 9.47. The zero-order valence-corrected chi connectivity index (χ0v) is 9.47. The number of hydrogen-bond acceptors (Lipinski definition) is 5. The Morgan fingerprint density at radius 2 is 2.06 bits per heavy atom. The number of carbonyl (C=O) groups is 1. The second-order valence-electron chi connectivity index (χ2n) is 3.30. The minimum absolute atomic E-state index is 0.179. The SMILES string of the molecule is COc1ccc(-c2cc(C=O)on2)c(OC)c1. The molecule has 0 spiro atoms. The molecule has 0 saturated heterocycles. The van der Waals surface area contributed by atoms with Crippen LogP contribution in [-0.2, 0) is 0 Å². The molecule has 0 unspecified atom stereocenters. The summed E-state index contributed by atoms with van der Waals surface area (Å²) in [5.41, 5.74) is 1.29. The van der Waals surface area contributed by atoms with Crippen LogP contribution in [0.25, 0.3) is 11.3 Å². The number of aldehydes is 1. The summed E-state index contributed by atoms with van der Waals surface area (Å²) in [6.45, 7) is 0. The summed E-state index contributed by atoms with van der Waals surface area (Å²) in [7, 11) is 3.13. The van der Waals surface area contributed by atoms with Gasteiger partial charge in [0.25, 0.3) is 0 Å². The highest BCUT2D eigenvalue weighted by molar-refractivity contribution is 5.76. The van der Waals surface area contributed by atoms with E-state index >= 15 is 0 Å². The monoisotopic (exact) mass is 233 g/mol. The van der Waals surface area contributed by atoms with Crippen LogP contribution in [0.15, 0.2) is 28.8 Å². The van der Waals surface area contributed by atoms with Gasteiger partial charge >= 0.3 is 0 Å². The van der Waals surface area contributed by atoms with Crippen molar-refractivity contribution in [1.29, 1.82) is 0 Å². The molecule has 5 heteroatoms. The Hall–Kier alpha value is -2.30. The summed E-state index contributed by atoms with van der Waals surface area (Å²) in [5, 5.41) is 3.79. The predicted octanol–water partition coefficient (Wildman–Crippen LogP) is 2.17. The second kappa shape index (κ2) is 4.69. The average molecular weight is 233 g/mol. The van der Waals surface area contributed by atoms with Crippen molar-refractivity contribution in [2.24, 2.45) is 0 Å². The van der Waals surface area contributed by atoms with Gasteiger partial charge in [-0.25, -0.2) is 0 Å². The van der Waals surface area contributed by atoms with Crippen LogP contribution in [0.2, 0.25) is 0 Å². The second-order valence-corrected chi connectivity index (χ2v) is 3.30. The third-order valence-corrected chi connectivity index (χ3v) is 2.33. The minimum atomic E-state index is 0.179. The largest absolute Gasteiger partial charge is 0.497 e. The van der Waals surface area contributed by atoms with Gasteiger partial charge in [-0.2, -0.15) is 0 Å². The maximum atomic E-state index is 10.5. The van der Waals surface area contributed by atoms with Crippen LogP contribution in [0, 0.1) is 0 Å². The van der Waals surface area contributed by atoms with Crippen LogP contribution >= 0.6 is 0 Å². The van der Waals surface area contributed by atoms with Gasteiger partial charge in [0.15, 0.2) is 12.0 Å². The van der Waals surface area contributed by atoms with Crippen molar-refractivity contribution < 1.29 is 18.8 Å². The van der Waals surface area contributed by atoms with Crippen LogP contribution < -0.4 is 9.47 Å². The molecule has 0 aliphatic heterocycles. The first-order valence-corrected chi connectivity index (χ1v) is 4.92. The van der Waals surface area contributed by atoms with Gasteiger partial charge in [0.1, 0.15) is 17.2 Å². The maximum Gasteiger partial charge on any atom is 0.199 e. The number of rotatable bonds is 4.